The minimum absolute atomic E-state index is 0.138. The number of hydrogen-bond acceptors (Lipinski definition) is 3. The molecule has 1 N–H and O–H groups in total. The number of halogens is 1. The van der Waals surface area contributed by atoms with E-state index in [1.807, 2.05) is 30.3 Å². The van der Waals surface area contributed by atoms with Crippen LogP contribution in [0.1, 0.15) is 32.8 Å². The van der Waals surface area contributed by atoms with Gasteiger partial charge >= 0.3 is 0 Å². The number of nitrogens with zero attached hydrogens (tertiary/aromatic N) is 1. The molecule has 0 bridgehead atoms. The number of carbonyl (C=O) groups excluding carboxylic acids is 2. The van der Waals surface area contributed by atoms with Crippen LogP contribution < -0.4 is 10.1 Å². The van der Waals surface area contributed by atoms with E-state index in [1.54, 1.807) is 31.2 Å². The molecule has 2 aromatic rings. The Hall–Kier alpha value is -2.53. The number of rotatable bonds is 10. The zero-order valence-corrected chi connectivity index (χ0v) is 18.0. The zero-order chi connectivity index (χ0) is 21.2. The molecule has 5 nitrogen and oxygen atoms in total. The van der Waals surface area contributed by atoms with Crippen LogP contribution >= 0.6 is 11.6 Å². The average Bonchev–Trinajstić information content (AvgIpc) is 2.71. The van der Waals surface area contributed by atoms with E-state index in [1.165, 1.54) is 4.90 Å². The van der Waals surface area contributed by atoms with Crippen molar-refractivity contribution in [2.24, 2.45) is 5.92 Å². The number of amides is 2. The molecular formula is C23H29ClN2O3. The van der Waals surface area contributed by atoms with Crippen molar-refractivity contribution in [1.29, 1.82) is 0 Å². The van der Waals surface area contributed by atoms with Crippen molar-refractivity contribution in [3.63, 3.8) is 0 Å². The number of hydrogen-bond donors (Lipinski definition) is 1. The third kappa shape index (κ3) is 7.78. The van der Waals surface area contributed by atoms with E-state index in [4.69, 9.17) is 16.3 Å². The Morgan fingerprint density at radius 3 is 2.31 bits per heavy atom. The van der Waals surface area contributed by atoms with Gasteiger partial charge in [0, 0.05) is 18.1 Å². The molecule has 0 heterocycles. The van der Waals surface area contributed by atoms with E-state index < -0.39 is 6.04 Å². The Balaban J connectivity index is 2.07. The van der Waals surface area contributed by atoms with Crippen molar-refractivity contribution in [2.45, 2.75) is 39.8 Å². The first-order valence-electron chi connectivity index (χ1n) is 9.86. The predicted molar refractivity (Wildman–Crippen MR) is 116 cm³/mol. The molecule has 0 radical (unpaired) electrons. The Kier molecular flexibility index (Phi) is 9.00. The summed E-state index contributed by atoms with van der Waals surface area (Å²) < 4.78 is 5.60. The van der Waals surface area contributed by atoms with E-state index in [9.17, 15) is 9.59 Å². The Morgan fingerprint density at radius 2 is 1.69 bits per heavy atom. The fourth-order valence-corrected chi connectivity index (χ4v) is 2.87. The maximum atomic E-state index is 12.9. The lowest BCUT2D eigenvalue weighted by Crippen LogP contribution is -2.49. The van der Waals surface area contributed by atoms with Crippen molar-refractivity contribution in [1.82, 2.24) is 10.2 Å². The van der Waals surface area contributed by atoms with Gasteiger partial charge in [0.15, 0.2) is 6.61 Å². The number of benzene rings is 2. The molecule has 2 rings (SSSR count). The first kappa shape index (κ1) is 22.8. The second-order valence-corrected chi connectivity index (χ2v) is 7.84. The minimum Gasteiger partial charge on any atom is -0.484 e. The summed E-state index contributed by atoms with van der Waals surface area (Å²) in [5.41, 5.74) is 0.893. The maximum absolute atomic E-state index is 12.9. The lowest BCUT2D eigenvalue weighted by molar-refractivity contribution is -0.142. The average molecular weight is 417 g/mol. The highest BCUT2D eigenvalue weighted by Crippen LogP contribution is 2.15. The van der Waals surface area contributed by atoms with Crippen LogP contribution in [-0.2, 0) is 16.1 Å². The van der Waals surface area contributed by atoms with E-state index in [-0.39, 0.29) is 18.4 Å². The summed E-state index contributed by atoms with van der Waals surface area (Å²) in [4.78, 5) is 27.1. The lowest BCUT2D eigenvalue weighted by atomic mass is 10.1. The maximum Gasteiger partial charge on any atom is 0.261 e. The van der Waals surface area contributed by atoms with Gasteiger partial charge in [-0.25, -0.2) is 0 Å². The van der Waals surface area contributed by atoms with Crippen molar-refractivity contribution in [3.8, 4) is 5.75 Å². The van der Waals surface area contributed by atoms with Crippen molar-refractivity contribution in [2.75, 3.05) is 13.2 Å². The highest BCUT2D eigenvalue weighted by atomic mass is 35.5. The van der Waals surface area contributed by atoms with Gasteiger partial charge in [0.05, 0.1) is 0 Å². The highest BCUT2D eigenvalue weighted by Gasteiger charge is 2.26. The van der Waals surface area contributed by atoms with Gasteiger partial charge in [-0.1, -0.05) is 55.8 Å². The molecule has 0 fully saturated rings. The molecule has 2 aromatic carbocycles. The van der Waals surface area contributed by atoms with E-state index in [2.05, 4.69) is 19.2 Å². The molecular weight excluding hydrogens is 388 g/mol. The zero-order valence-electron chi connectivity index (χ0n) is 17.2. The molecule has 0 aromatic heterocycles. The molecule has 0 aliphatic carbocycles. The molecule has 0 unspecified atom stereocenters. The molecule has 2 amide bonds. The highest BCUT2D eigenvalue weighted by molar-refractivity contribution is 6.30. The van der Waals surface area contributed by atoms with Gasteiger partial charge in [0.1, 0.15) is 11.8 Å². The van der Waals surface area contributed by atoms with E-state index in [0.29, 0.717) is 29.8 Å². The van der Waals surface area contributed by atoms with Gasteiger partial charge in [-0.15, -0.1) is 0 Å². The quantitative estimate of drug-likeness (QED) is 0.628. The Labute approximate surface area is 178 Å². The van der Waals surface area contributed by atoms with Gasteiger partial charge in [0.2, 0.25) is 5.91 Å². The second-order valence-electron chi connectivity index (χ2n) is 7.40. The third-order valence-electron chi connectivity index (χ3n) is 4.56. The Morgan fingerprint density at radius 1 is 1.03 bits per heavy atom. The van der Waals surface area contributed by atoms with Crippen molar-refractivity contribution in [3.05, 3.63) is 65.2 Å². The fraction of sp³-hybridized carbons (Fsp3) is 0.391. The van der Waals surface area contributed by atoms with Crippen molar-refractivity contribution >= 4 is 23.4 Å². The topological polar surface area (TPSA) is 58.6 Å². The molecule has 0 spiro atoms. The van der Waals surface area contributed by atoms with Gasteiger partial charge in [0.25, 0.3) is 5.91 Å². The molecule has 1 atom stereocenters. The SMILES string of the molecule is CC(C)CCNC(=O)[C@H](C)N(Cc1ccc(Cl)cc1)C(=O)COc1ccccc1. The summed E-state index contributed by atoms with van der Waals surface area (Å²) in [5.74, 6) is 0.681. The number of carbonyl (C=O) groups is 2. The predicted octanol–water partition coefficient (Wildman–Crippen LogP) is 4.30. The number of nitrogens with one attached hydrogen (secondary N) is 1. The van der Waals surface area contributed by atoms with Crippen LogP contribution in [0.5, 0.6) is 5.75 Å². The second kappa shape index (κ2) is 11.5. The van der Waals surface area contributed by atoms with Crippen molar-refractivity contribution < 1.29 is 14.3 Å². The monoisotopic (exact) mass is 416 g/mol. The first-order chi connectivity index (χ1) is 13.9. The molecule has 29 heavy (non-hydrogen) atoms. The van der Waals surface area contributed by atoms with Crippen LogP contribution in [0.3, 0.4) is 0 Å². The Bertz CT molecular complexity index is 778. The van der Waals surface area contributed by atoms with Gasteiger partial charge in [-0.05, 0) is 49.1 Å². The molecule has 0 saturated carbocycles. The third-order valence-corrected chi connectivity index (χ3v) is 4.81. The normalized spacial score (nSPS) is 11.8. The van der Waals surface area contributed by atoms with Gasteiger partial charge in [-0.2, -0.15) is 0 Å². The molecule has 0 aliphatic rings. The van der Waals surface area contributed by atoms with Gasteiger partial charge in [-0.3, -0.25) is 9.59 Å². The minimum atomic E-state index is -0.621. The molecule has 0 saturated heterocycles. The summed E-state index contributed by atoms with van der Waals surface area (Å²) in [6.45, 7) is 6.69. The summed E-state index contributed by atoms with van der Waals surface area (Å²) in [5, 5.41) is 3.55. The van der Waals surface area contributed by atoms with Crippen LogP contribution in [0.4, 0.5) is 0 Å². The van der Waals surface area contributed by atoms with Crippen LogP contribution in [0.25, 0.3) is 0 Å². The smallest absolute Gasteiger partial charge is 0.261 e. The first-order valence-corrected chi connectivity index (χ1v) is 10.2. The standard InChI is InChI=1S/C23H29ClN2O3/c1-17(2)13-14-25-23(28)18(3)26(15-19-9-11-20(24)12-10-19)22(27)16-29-21-7-5-4-6-8-21/h4-12,17-18H,13-16H2,1-3H3,(H,25,28)/t18-/m0/s1. The number of para-hydroxylation sites is 1. The molecule has 156 valence electrons. The van der Waals surface area contributed by atoms with Gasteiger partial charge < -0.3 is 15.0 Å². The summed E-state index contributed by atoms with van der Waals surface area (Å²) in [6, 6.07) is 15.8. The molecule has 0 aliphatic heterocycles. The van der Waals surface area contributed by atoms with Crippen LogP contribution in [0.15, 0.2) is 54.6 Å². The van der Waals surface area contributed by atoms with E-state index in [0.717, 1.165) is 12.0 Å². The molecule has 6 heteroatoms. The van der Waals surface area contributed by atoms with E-state index >= 15 is 0 Å². The fourth-order valence-electron chi connectivity index (χ4n) is 2.75. The number of ether oxygens (including phenoxy) is 1. The van der Waals surface area contributed by atoms with Crippen LogP contribution in [-0.4, -0.2) is 35.9 Å². The van der Waals surface area contributed by atoms with Crippen LogP contribution in [0.2, 0.25) is 5.02 Å². The summed E-state index contributed by atoms with van der Waals surface area (Å²) in [6.07, 6.45) is 0.890. The summed E-state index contributed by atoms with van der Waals surface area (Å²) in [7, 11) is 0. The largest absolute Gasteiger partial charge is 0.484 e. The van der Waals surface area contributed by atoms with Crippen LogP contribution in [0, 0.1) is 5.92 Å². The lowest BCUT2D eigenvalue weighted by Gasteiger charge is -2.29. The summed E-state index contributed by atoms with van der Waals surface area (Å²) >= 11 is 5.96.